The molecule has 3 aromatic rings. The van der Waals surface area contributed by atoms with Crippen LogP contribution in [0, 0.1) is 5.82 Å². The van der Waals surface area contributed by atoms with E-state index in [9.17, 15) is 19.1 Å². The van der Waals surface area contributed by atoms with E-state index >= 15 is 0 Å². The minimum absolute atomic E-state index is 0.198. The summed E-state index contributed by atoms with van der Waals surface area (Å²) in [6, 6.07) is 7.92. The lowest BCUT2D eigenvalue weighted by Gasteiger charge is -2.35. The van der Waals surface area contributed by atoms with Crippen molar-refractivity contribution in [3.8, 4) is 0 Å². The van der Waals surface area contributed by atoms with Crippen LogP contribution >= 0.6 is 0 Å². The van der Waals surface area contributed by atoms with Crippen molar-refractivity contribution in [3.05, 3.63) is 75.0 Å². The first kappa shape index (κ1) is 22.1. The Kier molecular flexibility index (Phi) is 6.31. The summed E-state index contributed by atoms with van der Waals surface area (Å²) in [5, 5.41) is 11.0. The fourth-order valence-corrected chi connectivity index (χ4v) is 4.17. The molecule has 32 heavy (non-hydrogen) atoms. The number of hydrogen-bond acceptors (Lipinski definition) is 6. The number of primary amides is 1. The molecule has 1 fully saturated rings. The van der Waals surface area contributed by atoms with Crippen LogP contribution in [0.2, 0.25) is 0 Å². The van der Waals surface area contributed by atoms with Gasteiger partial charge in [0.25, 0.3) is 11.5 Å². The number of nitrogens with zero attached hydrogens (tertiary/aromatic N) is 2. The molecule has 4 rings (SSSR count). The number of aliphatic hydroxyl groups excluding tert-OH is 1. The Labute approximate surface area is 183 Å². The second-order valence-corrected chi connectivity index (χ2v) is 8.00. The highest BCUT2D eigenvalue weighted by atomic mass is 19.1. The molecule has 3 heterocycles. The lowest BCUT2D eigenvalue weighted by atomic mass is 9.92. The van der Waals surface area contributed by atoms with Crippen molar-refractivity contribution in [2.24, 2.45) is 5.73 Å². The zero-order chi connectivity index (χ0) is 22.8. The van der Waals surface area contributed by atoms with Gasteiger partial charge in [0.05, 0.1) is 24.2 Å². The van der Waals surface area contributed by atoms with Crippen molar-refractivity contribution in [1.29, 1.82) is 0 Å². The number of nitrogens with two attached hydrogens (primary N) is 1. The summed E-state index contributed by atoms with van der Waals surface area (Å²) < 4.78 is 18.5. The van der Waals surface area contributed by atoms with Crippen molar-refractivity contribution in [2.75, 3.05) is 26.3 Å². The van der Waals surface area contributed by atoms with Crippen LogP contribution in [0.5, 0.6) is 0 Å². The Hall–Kier alpha value is -3.14. The van der Waals surface area contributed by atoms with Crippen molar-refractivity contribution in [3.63, 3.8) is 0 Å². The highest BCUT2D eigenvalue weighted by molar-refractivity contribution is 5.98. The van der Waals surface area contributed by atoms with E-state index in [1.807, 2.05) is 4.90 Å². The molecule has 0 spiro atoms. The zero-order valence-corrected chi connectivity index (χ0v) is 17.7. The molecular formula is C23H25FN4O4. The smallest absolute Gasteiger partial charge is 0.261 e. The van der Waals surface area contributed by atoms with Gasteiger partial charge in [0.2, 0.25) is 0 Å². The summed E-state index contributed by atoms with van der Waals surface area (Å²) in [4.78, 5) is 34.0. The number of pyridine rings is 2. The molecule has 9 heteroatoms. The number of aromatic nitrogens is 2. The number of ether oxygens (including phenoxy) is 1. The third kappa shape index (κ3) is 4.40. The van der Waals surface area contributed by atoms with Crippen LogP contribution in [-0.2, 0) is 11.2 Å². The quantitative estimate of drug-likeness (QED) is 0.534. The molecule has 0 radical (unpaired) electrons. The Bertz CT molecular complexity index is 1190. The predicted molar refractivity (Wildman–Crippen MR) is 117 cm³/mol. The van der Waals surface area contributed by atoms with Gasteiger partial charge in [-0.3, -0.25) is 19.5 Å². The van der Waals surface area contributed by atoms with Crippen LogP contribution in [0.15, 0.2) is 41.3 Å². The van der Waals surface area contributed by atoms with Gasteiger partial charge in [-0.05, 0) is 35.7 Å². The van der Waals surface area contributed by atoms with E-state index in [2.05, 4.69) is 9.97 Å². The molecule has 0 aliphatic carbocycles. The van der Waals surface area contributed by atoms with Gasteiger partial charge < -0.3 is 20.6 Å². The topological polar surface area (TPSA) is 122 Å². The number of amides is 1. The van der Waals surface area contributed by atoms with Crippen molar-refractivity contribution in [1.82, 2.24) is 14.9 Å². The van der Waals surface area contributed by atoms with Gasteiger partial charge in [-0.2, -0.15) is 0 Å². The van der Waals surface area contributed by atoms with E-state index in [1.54, 1.807) is 31.3 Å². The molecule has 8 nitrogen and oxygen atoms in total. The fraction of sp³-hybridized carbons (Fsp3) is 0.348. The Balaban J connectivity index is 1.77. The number of halogens is 1. The van der Waals surface area contributed by atoms with Gasteiger partial charge in [-0.15, -0.1) is 0 Å². The molecule has 0 saturated carbocycles. The number of rotatable bonds is 6. The van der Waals surface area contributed by atoms with Gasteiger partial charge in [0.1, 0.15) is 17.6 Å². The normalized spacial score (nSPS) is 16.7. The Morgan fingerprint density at radius 3 is 2.62 bits per heavy atom. The maximum Gasteiger partial charge on any atom is 0.261 e. The monoisotopic (exact) mass is 440 g/mol. The lowest BCUT2D eigenvalue weighted by Crippen LogP contribution is -2.46. The van der Waals surface area contributed by atoms with E-state index in [1.165, 1.54) is 12.1 Å². The average molecular weight is 440 g/mol. The molecule has 1 aromatic carbocycles. The van der Waals surface area contributed by atoms with Crippen LogP contribution in [0.25, 0.3) is 11.0 Å². The number of carbonyl (C=O) groups excluding carboxylic acids is 1. The second kappa shape index (κ2) is 9.15. The Morgan fingerprint density at radius 2 is 1.97 bits per heavy atom. The van der Waals surface area contributed by atoms with Gasteiger partial charge in [-0.25, -0.2) is 4.39 Å². The van der Waals surface area contributed by atoms with Crippen LogP contribution in [0.3, 0.4) is 0 Å². The van der Waals surface area contributed by atoms with Crippen LogP contribution < -0.4 is 11.3 Å². The molecule has 1 aliphatic heterocycles. The summed E-state index contributed by atoms with van der Waals surface area (Å²) in [7, 11) is 0. The molecule has 2 unspecified atom stereocenters. The average Bonchev–Trinajstić information content (AvgIpc) is 2.79. The first-order valence-corrected chi connectivity index (χ1v) is 10.4. The first-order valence-electron chi connectivity index (χ1n) is 10.4. The number of morpholine rings is 1. The minimum atomic E-state index is -0.942. The van der Waals surface area contributed by atoms with Crippen molar-refractivity contribution < 1.29 is 19.0 Å². The molecular weight excluding hydrogens is 415 g/mol. The Morgan fingerprint density at radius 1 is 1.28 bits per heavy atom. The van der Waals surface area contributed by atoms with Crippen molar-refractivity contribution >= 4 is 16.9 Å². The zero-order valence-electron chi connectivity index (χ0n) is 17.7. The van der Waals surface area contributed by atoms with E-state index < -0.39 is 23.6 Å². The maximum absolute atomic E-state index is 13.2. The molecule has 4 N–H and O–H groups in total. The summed E-state index contributed by atoms with van der Waals surface area (Å²) in [5.74, 6) is -1.79. The third-order valence-corrected chi connectivity index (χ3v) is 5.83. The van der Waals surface area contributed by atoms with E-state index in [4.69, 9.17) is 10.5 Å². The number of nitrogens with one attached hydrogen (secondary N) is 1. The lowest BCUT2D eigenvalue weighted by molar-refractivity contribution is -0.0680. The summed E-state index contributed by atoms with van der Waals surface area (Å²) in [5.41, 5.74) is 7.57. The van der Waals surface area contributed by atoms with Crippen LogP contribution in [0.1, 0.15) is 39.9 Å². The van der Waals surface area contributed by atoms with Gasteiger partial charge in [0.15, 0.2) is 0 Å². The first-order chi connectivity index (χ1) is 15.3. The number of carbonyl (C=O) groups is 1. The standard InChI is InChI=1S/C23H25FN4O4/c1-13(23(31)28-6-8-32-9-7-28)18-19(21(25)29)22(30)27-17-11-15(12-26-20(17)18)10-14-2-4-16(24)5-3-14/h2-5,11-13,23,31H,6-10H2,1H3,(H2,25,29)(H,27,30). The molecule has 1 aliphatic rings. The van der Waals surface area contributed by atoms with Crippen LogP contribution in [-0.4, -0.2) is 58.4 Å². The van der Waals surface area contributed by atoms with Gasteiger partial charge in [0, 0.05) is 30.8 Å². The van der Waals surface area contributed by atoms with E-state index in [0.717, 1.165) is 11.1 Å². The SMILES string of the molecule is CC(c1c(C(N)=O)c(=O)[nH]c2cc(Cc3ccc(F)cc3)cnc12)C(O)N1CCOCC1. The molecule has 2 aromatic heterocycles. The largest absolute Gasteiger partial charge is 0.379 e. The van der Waals surface area contributed by atoms with Gasteiger partial charge >= 0.3 is 0 Å². The van der Waals surface area contributed by atoms with Crippen molar-refractivity contribution in [2.45, 2.75) is 25.5 Å². The number of aromatic amines is 1. The summed E-state index contributed by atoms with van der Waals surface area (Å²) in [6.07, 6.45) is 1.19. The maximum atomic E-state index is 13.2. The molecule has 1 amide bonds. The van der Waals surface area contributed by atoms with E-state index in [-0.39, 0.29) is 11.4 Å². The number of hydrogen-bond donors (Lipinski definition) is 3. The second-order valence-electron chi connectivity index (χ2n) is 8.00. The number of aliphatic hydroxyl groups is 1. The summed E-state index contributed by atoms with van der Waals surface area (Å²) >= 11 is 0. The molecule has 0 bridgehead atoms. The number of H-pyrrole nitrogens is 1. The molecule has 1 saturated heterocycles. The fourth-order valence-electron chi connectivity index (χ4n) is 4.17. The number of fused-ring (bicyclic) bond motifs is 1. The van der Waals surface area contributed by atoms with Gasteiger partial charge in [-0.1, -0.05) is 19.1 Å². The number of benzene rings is 1. The molecule has 2 atom stereocenters. The third-order valence-electron chi connectivity index (χ3n) is 5.83. The van der Waals surface area contributed by atoms with Crippen LogP contribution in [0.4, 0.5) is 4.39 Å². The highest BCUT2D eigenvalue weighted by Gasteiger charge is 2.31. The van der Waals surface area contributed by atoms with E-state index in [0.29, 0.717) is 49.3 Å². The minimum Gasteiger partial charge on any atom is -0.379 e. The predicted octanol–water partition coefficient (Wildman–Crippen LogP) is 1.51. The molecule has 168 valence electrons. The summed E-state index contributed by atoms with van der Waals surface area (Å²) in [6.45, 7) is 3.80. The highest BCUT2D eigenvalue weighted by Crippen LogP contribution is 2.29.